The molecule has 2 aromatic heterocycles. The van der Waals surface area contributed by atoms with E-state index >= 15 is 0 Å². The maximum absolute atomic E-state index is 12.1. The summed E-state index contributed by atoms with van der Waals surface area (Å²) < 4.78 is 1.70. The van der Waals surface area contributed by atoms with E-state index in [1.165, 1.54) is 6.20 Å². The van der Waals surface area contributed by atoms with E-state index in [4.69, 9.17) is 0 Å². The normalized spacial score (nSPS) is 10.7. The van der Waals surface area contributed by atoms with Crippen LogP contribution in [0, 0.1) is 0 Å². The summed E-state index contributed by atoms with van der Waals surface area (Å²) in [6.07, 6.45) is 3.11. The van der Waals surface area contributed by atoms with E-state index in [0.29, 0.717) is 17.2 Å². The smallest absolute Gasteiger partial charge is 0.307 e. The van der Waals surface area contributed by atoms with Crippen LogP contribution in [0.1, 0.15) is 19.9 Å². The number of nitrogens with zero attached hydrogens (tertiary/aromatic N) is 5. The molecule has 0 bridgehead atoms. The predicted molar refractivity (Wildman–Crippen MR) is 84.9 cm³/mol. The Bertz CT molecular complexity index is 793. The number of hydrogen-bond acceptors (Lipinski definition) is 5. The van der Waals surface area contributed by atoms with Crippen molar-refractivity contribution in [2.75, 3.05) is 10.6 Å². The van der Waals surface area contributed by atoms with E-state index in [1.807, 2.05) is 32.0 Å². The standard InChI is InChI=1S/C14H16N8O/c1-9(2)22-13(19-20-21-22)11-5-3-4-6-12(11)18-14(23)17-10-7-15-16-8-10/h3-9H,1-2H3,(H,15,16)(H2,17,18,23). The van der Waals surface area contributed by atoms with Gasteiger partial charge in [-0.2, -0.15) is 5.10 Å². The summed E-state index contributed by atoms with van der Waals surface area (Å²) in [5.41, 5.74) is 1.94. The summed E-state index contributed by atoms with van der Waals surface area (Å²) in [7, 11) is 0. The van der Waals surface area contributed by atoms with E-state index in [1.54, 1.807) is 16.9 Å². The Labute approximate surface area is 132 Å². The number of carbonyl (C=O) groups is 1. The van der Waals surface area contributed by atoms with Gasteiger partial charge < -0.3 is 10.6 Å². The van der Waals surface area contributed by atoms with Crippen molar-refractivity contribution in [3.8, 4) is 11.4 Å². The molecule has 2 amide bonds. The van der Waals surface area contributed by atoms with Crippen LogP contribution in [0.25, 0.3) is 11.4 Å². The van der Waals surface area contributed by atoms with Gasteiger partial charge in [0.25, 0.3) is 0 Å². The Morgan fingerprint density at radius 2 is 2.09 bits per heavy atom. The number of amides is 2. The summed E-state index contributed by atoms with van der Waals surface area (Å²) >= 11 is 0. The Balaban J connectivity index is 1.86. The highest BCUT2D eigenvalue weighted by molar-refractivity contribution is 6.01. The fourth-order valence-corrected chi connectivity index (χ4v) is 2.11. The van der Waals surface area contributed by atoms with Crippen molar-refractivity contribution in [3.05, 3.63) is 36.7 Å². The fraction of sp³-hybridized carbons (Fsp3) is 0.214. The summed E-state index contributed by atoms with van der Waals surface area (Å²) in [4.78, 5) is 12.1. The number of rotatable bonds is 4. The first kappa shape index (κ1) is 14.7. The van der Waals surface area contributed by atoms with Gasteiger partial charge in [-0.25, -0.2) is 9.48 Å². The molecule has 2 heterocycles. The van der Waals surface area contributed by atoms with Crippen LogP contribution in [0.4, 0.5) is 16.2 Å². The minimum Gasteiger partial charge on any atom is -0.307 e. The zero-order chi connectivity index (χ0) is 16.2. The Kier molecular flexibility index (Phi) is 4.00. The molecule has 0 aliphatic rings. The minimum absolute atomic E-state index is 0.104. The largest absolute Gasteiger partial charge is 0.323 e. The summed E-state index contributed by atoms with van der Waals surface area (Å²) in [6.45, 7) is 3.98. The predicted octanol–water partition coefficient (Wildman–Crippen LogP) is 2.29. The molecule has 0 spiro atoms. The molecule has 0 saturated heterocycles. The lowest BCUT2D eigenvalue weighted by Gasteiger charge is -2.12. The zero-order valence-electron chi connectivity index (χ0n) is 12.7. The van der Waals surface area contributed by atoms with Crippen molar-refractivity contribution >= 4 is 17.4 Å². The number of para-hydroxylation sites is 1. The quantitative estimate of drug-likeness (QED) is 0.684. The second-order valence-corrected chi connectivity index (χ2v) is 5.15. The van der Waals surface area contributed by atoms with Gasteiger partial charge in [-0.3, -0.25) is 5.10 Å². The number of anilines is 2. The molecule has 23 heavy (non-hydrogen) atoms. The molecule has 0 aliphatic heterocycles. The van der Waals surface area contributed by atoms with Gasteiger partial charge in [-0.05, 0) is 36.4 Å². The number of aromatic nitrogens is 6. The van der Waals surface area contributed by atoms with Crippen molar-refractivity contribution in [3.63, 3.8) is 0 Å². The molecular weight excluding hydrogens is 296 g/mol. The van der Waals surface area contributed by atoms with Crippen molar-refractivity contribution < 1.29 is 4.79 Å². The average Bonchev–Trinajstić information content (AvgIpc) is 3.18. The third kappa shape index (κ3) is 3.18. The minimum atomic E-state index is -0.373. The average molecular weight is 312 g/mol. The highest BCUT2D eigenvalue weighted by Gasteiger charge is 2.16. The van der Waals surface area contributed by atoms with Crippen molar-refractivity contribution in [1.29, 1.82) is 0 Å². The van der Waals surface area contributed by atoms with Gasteiger partial charge in [-0.1, -0.05) is 12.1 Å². The fourth-order valence-electron chi connectivity index (χ4n) is 2.11. The molecule has 0 atom stereocenters. The second-order valence-electron chi connectivity index (χ2n) is 5.15. The van der Waals surface area contributed by atoms with Crippen LogP contribution in [0.15, 0.2) is 36.7 Å². The Morgan fingerprint density at radius 1 is 1.26 bits per heavy atom. The van der Waals surface area contributed by atoms with Crippen molar-refractivity contribution in [1.82, 2.24) is 30.4 Å². The molecule has 0 radical (unpaired) electrons. The van der Waals surface area contributed by atoms with Crippen LogP contribution in [0.5, 0.6) is 0 Å². The number of hydrogen-bond donors (Lipinski definition) is 3. The number of carbonyl (C=O) groups excluding carboxylic acids is 1. The lowest BCUT2D eigenvalue weighted by atomic mass is 10.1. The molecule has 118 valence electrons. The van der Waals surface area contributed by atoms with Gasteiger partial charge >= 0.3 is 6.03 Å². The van der Waals surface area contributed by atoms with E-state index in [2.05, 4.69) is 36.4 Å². The third-order valence-electron chi connectivity index (χ3n) is 3.15. The van der Waals surface area contributed by atoms with Crippen LogP contribution in [-0.2, 0) is 0 Å². The van der Waals surface area contributed by atoms with Gasteiger partial charge in [0.1, 0.15) is 0 Å². The van der Waals surface area contributed by atoms with E-state index in [-0.39, 0.29) is 12.1 Å². The number of H-pyrrole nitrogens is 1. The monoisotopic (exact) mass is 312 g/mol. The Hall–Kier alpha value is -3.23. The maximum atomic E-state index is 12.1. The first-order chi connectivity index (χ1) is 11.1. The topological polar surface area (TPSA) is 113 Å². The SMILES string of the molecule is CC(C)n1nnnc1-c1ccccc1NC(=O)Nc1cn[nH]c1. The van der Waals surface area contributed by atoms with Gasteiger partial charge in [0, 0.05) is 11.8 Å². The lowest BCUT2D eigenvalue weighted by molar-refractivity contribution is 0.262. The second kappa shape index (κ2) is 6.26. The first-order valence-electron chi connectivity index (χ1n) is 7.09. The number of tetrazole rings is 1. The van der Waals surface area contributed by atoms with Crippen molar-refractivity contribution in [2.24, 2.45) is 0 Å². The number of aromatic amines is 1. The molecule has 1 aromatic carbocycles. The zero-order valence-corrected chi connectivity index (χ0v) is 12.7. The molecule has 9 nitrogen and oxygen atoms in total. The lowest BCUT2D eigenvalue weighted by Crippen LogP contribution is -2.19. The third-order valence-corrected chi connectivity index (χ3v) is 3.15. The number of nitrogens with one attached hydrogen (secondary N) is 3. The van der Waals surface area contributed by atoms with E-state index in [0.717, 1.165) is 5.56 Å². The molecule has 3 N–H and O–H groups in total. The summed E-state index contributed by atoms with van der Waals surface area (Å²) in [6, 6.07) is 7.09. The molecule has 0 aliphatic carbocycles. The highest BCUT2D eigenvalue weighted by Crippen LogP contribution is 2.27. The molecule has 0 fully saturated rings. The molecule has 3 aromatic rings. The van der Waals surface area contributed by atoms with E-state index in [9.17, 15) is 4.79 Å². The molecule has 9 heteroatoms. The van der Waals surface area contributed by atoms with Crippen LogP contribution >= 0.6 is 0 Å². The highest BCUT2D eigenvalue weighted by atomic mass is 16.2. The maximum Gasteiger partial charge on any atom is 0.323 e. The van der Waals surface area contributed by atoms with Gasteiger partial charge in [0.05, 0.1) is 23.6 Å². The Morgan fingerprint density at radius 3 is 2.83 bits per heavy atom. The van der Waals surface area contributed by atoms with Crippen LogP contribution in [-0.4, -0.2) is 36.4 Å². The summed E-state index contributed by atoms with van der Waals surface area (Å²) in [5, 5.41) is 23.7. The van der Waals surface area contributed by atoms with Crippen LogP contribution in [0.2, 0.25) is 0 Å². The molecule has 0 saturated carbocycles. The molecule has 0 unspecified atom stereocenters. The number of benzene rings is 1. The van der Waals surface area contributed by atoms with Crippen LogP contribution in [0.3, 0.4) is 0 Å². The van der Waals surface area contributed by atoms with Gasteiger partial charge in [0.15, 0.2) is 5.82 Å². The molecule has 3 rings (SSSR count). The summed E-state index contributed by atoms with van der Waals surface area (Å²) in [5.74, 6) is 0.596. The van der Waals surface area contributed by atoms with Gasteiger partial charge in [0.2, 0.25) is 0 Å². The van der Waals surface area contributed by atoms with Crippen molar-refractivity contribution in [2.45, 2.75) is 19.9 Å². The van der Waals surface area contributed by atoms with E-state index < -0.39 is 0 Å². The number of urea groups is 1. The van der Waals surface area contributed by atoms with Crippen LogP contribution < -0.4 is 10.6 Å². The van der Waals surface area contributed by atoms with Gasteiger partial charge in [-0.15, -0.1) is 5.10 Å². The first-order valence-corrected chi connectivity index (χ1v) is 7.09. The molecular formula is C14H16N8O.